The van der Waals surface area contributed by atoms with Crippen LogP contribution in [0.5, 0.6) is 0 Å². The predicted molar refractivity (Wildman–Crippen MR) is 138 cm³/mol. The van der Waals surface area contributed by atoms with Gasteiger partial charge in [-0.2, -0.15) is 0 Å². The maximum Gasteiger partial charge on any atom is 0.362 e. The summed E-state index contributed by atoms with van der Waals surface area (Å²) in [6.07, 6.45) is 11.2. The average molecular weight is 470 g/mol. The molecule has 0 N–H and O–H groups in total. The summed E-state index contributed by atoms with van der Waals surface area (Å²) in [6.45, 7) is 10.4. The minimum Gasteiger partial charge on any atom is -0.461 e. The van der Waals surface area contributed by atoms with Gasteiger partial charge in [-0.3, -0.25) is 9.69 Å². The van der Waals surface area contributed by atoms with Crippen LogP contribution in [0.15, 0.2) is 29.1 Å². The molecule has 1 aromatic heterocycles. The summed E-state index contributed by atoms with van der Waals surface area (Å²) in [5.41, 5.74) is 0.979. The molecule has 3 atom stereocenters. The summed E-state index contributed by atoms with van der Waals surface area (Å²) in [5.74, 6) is -0.640. The first kappa shape index (κ1) is 26.4. The van der Waals surface area contributed by atoms with Crippen LogP contribution in [0, 0.1) is 0 Å². The summed E-state index contributed by atoms with van der Waals surface area (Å²) in [5, 5.41) is 0. The fraction of sp³-hybridized carbons (Fsp3) is 0.679. The van der Waals surface area contributed by atoms with Crippen molar-refractivity contribution in [3.8, 4) is 0 Å². The summed E-state index contributed by atoms with van der Waals surface area (Å²) < 4.78 is 6.91. The van der Waals surface area contributed by atoms with Crippen LogP contribution in [0.2, 0.25) is 0 Å². The topological polar surface area (TPSA) is 64.4 Å². The number of hydrogen-bond donors (Lipinski definition) is 0. The molecule has 0 bridgehead atoms. The van der Waals surface area contributed by atoms with Gasteiger partial charge in [0.15, 0.2) is 0 Å². The molecule has 2 fully saturated rings. The Hall–Kier alpha value is -2.21. The molecule has 6 heteroatoms. The lowest BCUT2D eigenvalue weighted by Gasteiger charge is -2.37. The molecule has 1 saturated heterocycles. The molecule has 4 rings (SSSR count). The number of likely N-dealkylation sites (tertiary alicyclic amines) is 1. The third-order valence-electron chi connectivity index (χ3n) is 7.41. The fourth-order valence-corrected chi connectivity index (χ4v) is 5.97. The van der Waals surface area contributed by atoms with Crippen molar-refractivity contribution in [3.63, 3.8) is 0 Å². The molecule has 2 aliphatic rings. The highest BCUT2D eigenvalue weighted by Crippen LogP contribution is 2.36. The van der Waals surface area contributed by atoms with E-state index in [-0.39, 0.29) is 23.9 Å². The van der Waals surface area contributed by atoms with Crippen molar-refractivity contribution >= 4 is 17.0 Å². The highest BCUT2D eigenvalue weighted by Gasteiger charge is 2.37. The summed E-state index contributed by atoms with van der Waals surface area (Å²) in [4.78, 5) is 33.0. The molecule has 0 amide bonds. The molecule has 0 spiro atoms. The number of aromatic nitrogens is 2. The molecule has 2 heterocycles. The number of carbonyl (C=O) groups excluding carboxylic acids is 1. The number of ether oxygens (including phenoxy) is 1. The molecular weight excluding hydrogens is 426 g/mol. The molecule has 2 unspecified atom stereocenters. The van der Waals surface area contributed by atoms with Crippen LogP contribution in [-0.2, 0) is 4.74 Å². The molecule has 34 heavy (non-hydrogen) atoms. The number of esters is 1. The highest BCUT2D eigenvalue weighted by molar-refractivity contribution is 5.89. The Labute approximate surface area is 204 Å². The van der Waals surface area contributed by atoms with Gasteiger partial charge >= 0.3 is 5.97 Å². The number of hydrogen-bond acceptors (Lipinski definition) is 5. The Morgan fingerprint density at radius 2 is 1.76 bits per heavy atom. The van der Waals surface area contributed by atoms with Gasteiger partial charge in [-0.25, -0.2) is 9.78 Å². The number of carbonyl (C=O) groups is 1. The summed E-state index contributed by atoms with van der Waals surface area (Å²) in [6, 6.07) is 9.28. The van der Waals surface area contributed by atoms with Crippen molar-refractivity contribution in [2.75, 3.05) is 6.61 Å². The Balaban J connectivity index is 0.00000158. The largest absolute Gasteiger partial charge is 0.461 e. The van der Waals surface area contributed by atoms with Crippen LogP contribution in [0.3, 0.4) is 0 Å². The first-order valence-corrected chi connectivity index (χ1v) is 13.5. The lowest BCUT2D eigenvalue weighted by molar-refractivity contribution is 0.0516. The minimum atomic E-state index is -0.640. The van der Waals surface area contributed by atoms with Crippen molar-refractivity contribution in [1.82, 2.24) is 14.5 Å². The van der Waals surface area contributed by atoms with Gasteiger partial charge in [0.25, 0.3) is 5.56 Å². The van der Waals surface area contributed by atoms with Gasteiger partial charge in [-0.15, -0.1) is 0 Å². The lowest BCUT2D eigenvalue weighted by Crippen LogP contribution is -2.44. The monoisotopic (exact) mass is 469 g/mol. The minimum absolute atomic E-state index is 0.0350. The molecule has 1 aliphatic heterocycles. The number of rotatable bonds is 6. The second-order valence-corrected chi connectivity index (χ2v) is 9.60. The van der Waals surface area contributed by atoms with Crippen molar-refractivity contribution in [2.45, 2.75) is 117 Å². The Kier molecular flexibility index (Phi) is 9.69. The smallest absolute Gasteiger partial charge is 0.362 e. The quantitative estimate of drug-likeness (QED) is 0.376. The van der Waals surface area contributed by atoms with Gasteiger partial charge in [0.1, 0.15) is 0 Å². The first-order valence-electron chi connectivity index (χ1n) is 13.5. The molecule has 0 radical (unpaired) electrons. The average Bonchev–Trinajstić information content (AvgIpc) is 3.02. The highest BCUT2D eigenvalue weighted by atomic mass is 16.5. The third-order valence-corrected chi connectivity index (χ3v) is 7.41. The number of benzene rings is 1. The zero-order valence-electron chi connectivity index (χ0n) is 21.8. The second kappa shape index (κ2) is 12.5. The van der Waals surface area contributed by atoms with Gasteiger partial charge in [-0.05, 0) is 65.0 Å². The van der Waals surface area contributed by atoms with E-state index in [0.29, 0.717) is 23.6 Å². The van der Waals surface area contributed by atoms with E-state index < -0.39 is 5.97 Å². The molecule has 188 valence electrons. The predicted octanol–water partition coefficient (Wildman–Crippen LogP) is 6.13. The van der Waals surface area contributed by atoms with Crippen LogP contribution in [-0.4, -0.2) is 45.2 Å². The third kappa shape index (κ3) is 5.70. The molecule has 2 aromatic rings. The maximum absolute atomic E-state index is 13.4. The Bertz CT molecular complexity index is 994. The second-order valence-electron chi connectivity index (χ2n) is 9.60. The van der Waals surface area contributed by atoms with E-state index in [2.05, 4.69) is 23.7 Å². The number of nitrogens with zero attached hydrogens (tertiary/aromatic N) is 3. The summed E-state index contributed by atoms with van der Waals surface area (Å²) >= 11 is 0. The van der Waals surface area contributed by atoms with E-state index in [9.17, 15) is 9.59 Å². The van der Waals surface area contributed by atoms with E-state index in [1.165, 1.54) is 51.4 Å². The number of para-hydroxylation sites is 2. The lowest BCUT2D eigenvalue weighted by atomic mass is 10.0. The Morgan fingerprint density at radius 1 is 1.09 bits per heavy atom. The molecule has 1 aliphatic carbocycles. The van der Waals surface area contributed by atoms with Crippen molar-refractivity contribution in [2.24, 2.45) is 0 Å². The van der Waals surface area contributed by atoms with Gasteiger partial charge < -0.3 is 9.30 Å². The SMILES string of the molecule is CC.CCOC(=O)c1nc2ccccc2n(C(C)CC2CC[C@H](C)N2C2CCCCCC2)c1=O. The zero-order valence-corrected chi connectivity index (χ0v) is 21.8. The van der Waals surface area contributed by atoms with Crippen molar-refractivity contribution < 1.29 is 9.53 Å². The van der Waals surface area contributed by atoms with E-state index in [1.54, 1.807) is 11.5 Å². The van der Waals surface area contributed by atoms with Crippen LogP contribution < -0.4 is 5.56 Å². The normalized spacial score (nSPS) is 22.6. The van der Waals surface area contributed by atoms with Gasteiger partial charge in [-0.1, -0.05) is 51.7 Å². The van der Waals surface area contributed by atoms with E-state index in [1.807, 2.05) is 38.1 Å². The van der Waals surface area contributed by atoms with Gasteiger partial charge in [0, 0.05) is 24.2 Å². The van der Waals surface area contributed by atoms with Crippen molar-refractivity contribution in [3.05, 3.63) is 40.3 Å². The van der Waals surface area contributed by atoms with Crippen LogP contribution in [0.4, 0.5) is 0 Å². The van der Waals surface area contributed by atoms with Gasteiger partial charge in [0.2, 0.25) is 5.69 Å². The van der Waals surface area contributed by atoms with Crippen LogP contribution in [0.1, 0.15) is 109 Å². The van der Waals surface area contributed by atoms with Crippen LogP contribution >= 0.6 is 0 Å². The maximum atomic E-state index is 13.4. The Morgan fingerprint density at radius 3 is 2.44 bits per heavy atom. The summed E-state index contributed by atoms with van der Waals surface area (Å²) in [7, 11) is 0. The van der Waals surface area contributed by atoms with Crippen molar-refractivity contribution in [1.29, 1.82) is 0 Å². The van der Waals surface area contributed by atoms with E-state index in [4.69, 9.17) is 4.74 Å². The molecular formula is C28H43N3O3. The fourth-order valence-electron chi connectivity index (χ4n) is 5.97. The first-order chi connectivity index (χ1) is 16.5. The van der Waals surface area contributed by atoms with E-state index >= 15 is 0 Å². The van der Waals surface area contributed by atoms with Gasteiger partial charge in [0.05, 0.1) is 17.6 Å². The standard InChI is InChI=1S/C26H37N3O3.C2H6/c1-4-32-26(31)24-25(30)29(23-14-10-9-13-22(23)27-24)19(3)17-21-16-15-18(2)28(21)20-11-7-5-6-8-12-20;1-2/h9-10,13-14,18-21H,4-8,11-12,15-17H2,1-3H3;1-2H3/t18-,19?,21?;/m0./s1. The molecule has 6 nitrogen and oxygen atoms in total. The van der Waals surface area contributed by atoms with E-state index in [0.717, 1.165) is 11.9 Å². The zero-order chi connectivity index (χ0) is 24.7. The molecule has 1 aromatic carbocycles. The molecule has 1 saturated carbocycles. The number of fused-ring (bicyclic) bond motifs is 1. The van der Waals surface area contributed by atoms with Crippen LogP contribution in [0.25, 0.3) is 11.0 Å².